The van der Waals surface area contributed by atoms with Gasteiger partial charge in [-0.1, -0.05) is 6.07 Å². The molecule has 0 radical (unpaired) electrons. The molecule has 1 amide bonds. The van der Waals surface area contributed by atoms with Gasteiger partial charge < -0.3 is 9.73 Å². The molecule has 0 aliphatic rings. The van der Waals surface area contributed by atoms with Gasteiger partial charge in [0.15, 0.2) is 6.39 Å². The van der Waals surface area contributed by atoms with Crippen molar-refractivity contribution >= 4 is 27.3 Å². The Balaban J connectivity index is 1.81. The molecule has 0 aliphatic carbocycles. The second-order valence-corrected chi connectivity index (χ2v) is 7.63. The Bertz CT molecular complexity index is 1140. The van der Waals surface area contributed by atoms with E-state index < -0.39 is 27.7 Å². The van der Waals surface area contributed by atoms with Gasteiger partial charge in [-0.25, -0.2) is 13.4 Å². The van der Waals surface area contributed by atoms with Crippen LogP contribution in [0.5, 0.6) is 0 Å². The second kappa shape index (κ2) is 7.59. The fourth-order valence-corrected chi connectivity index (χ4v) is 3.80. The number of hydrogen-bond donors (Lipinski definition) is 2. The van der Waals surface area contributed by atoms with Crippen molar-refractivity contribution in [2.75, 3.05) is 10.0 Å². The summed E-state index contributed by atoms with van der Waals surface area (Å²) in [7, 11) is -4.15. The number of nitrogens with zero attached hydrogens (tertiary/aromatic N) is 1. The molecule has 3 rings (SSSR count). The van der Waals surface area contributed by atoms with E-state index in [1.165, 1.54) is 37.4 Å². The van der Waals surface area contributed by atoms with Crippen LogP contribution in [0, 0.1) is 6.92 Å². The lowest BCUT2D eigenvalue weighted by molar-refractivity contribution is -0.137. The molecule has 0 aliphatic heterocycles. The maximum absolute atomic E-state index is 12.8. The van der Waals surface area contributed by atoms with E-state index in [-0.39, 0.29) is 21.9 Å². The van der Waals surface area contributed by atoms with E-state index in [9.17, 15) is 26.4 Å². The Kier molecular flexibility index (Phi) is 5.33. The quantitative estimate of drug-likeness (QED) is 0.642. The highest BCUT2D eigenvalue weighted by Crippen LogP contribution is 2.31. The number of aryl methyl sites for hydroxylation is 1. The summed E-state index contributed by atoms with van der Waals surface area (Å²) in [5.41, 5.74) is -0.608. The van der Waals surface area contributed by atoms with Crippen molar-refractivity contribution in [3.8, 4) is 0 Å². The van der Waals surface area contributed by atoms with Crippen LogP contribution < -0.4 is 10.0 Å². The molecule has 0 spiro atoms. The first kappa shape index (κ1) is 20.4. The van der Waals surface area contributed by atoms with E-state index in [0.717, 1.165) is 18.5 Å². The SMILES string of the molecule is Cc1cc(NC(=O)c2cnco2)ccc1S(=O)(=O)Nc1cccc(C(F)(F)F)c1. The standard InChI is InChI=1S/C18H14F3N3O4S/c1-11-7-13(23-17(25)15-9-22-10-28-15)5-6-16(11)29(26,27)24-14-4-2-3-12(8-14)18(19,20)21/h2-10,24H,1H3,(H,23,25). The van der Waals surface area contributed by atoms with E-state index in [1.807, 2.05) is 0 Å². The van der Waals surface area contributed by atoms with Crippen LogP contribution in [0.3, 0.4) is 0 Å². The average Bonchev–Trinajstić information content (AvgIpc) is 3.15. The van der Waals surface area contributed by atoms with Gasteiger partial charge in [0.2, 0.25) is 5.76 Å². The molecule has 0 unspecified atom stereocenters. The largest absolute Gasteiger partial charge is 0.438 e. The zero-order valence-electron chi connectivity index (χ0n) is 14.8. The molecule has 29 heavy (non-hydrogen) atoms. The van der Waals surface area contributed by atoms with Gasteiger partial charge in [-0.2, -0.15) is 13.2 Å². The van der Waals surface area contributed by atoms with Crippen LogP contribution >= 0.6 is 0 Å². The molecule has 0 atom stereocenters. The fraction of sp³-hybridized carbons (Fsp3) is 0.111. The zero-order valence-corrected chi connectivity index (χ0v) is 15.6. The Labute approximate surface area is 163 Å². The molecule has 152 valence electrons. The topological polar surface area (TPSA) is 101 Å². The van der Waals surface area contributed by atoms with Crippen LogP contribution in [0.4, 0.5) is 24.5 Å². The minimum Gasteiger partial charge on any atom is -0.438 e. The van der Waals surface area contributed by atoms with Crippen LogP contribution in [0.1, 0.15) is 21.7 Å². The molecule has 1 aromatic heterocycles. The third-order valence-electron chi connectivity index (χ3n) is 3.82. The van der Waals surface area contributed by atoms with Crippen molar-refractivity contribution in [2.45, 2.75) is 18.0 Å². The molecule has 0 fully saturated rings. The predicted octanol–water partition coefficient (Wildman–Crippen LogP) is 4.05. The third-order valence-corrected chi connectivity index (χ3v) is 5.36. The number of nitrogens with one attached hydrogen (secondary N) is 2. The first-order valence-electron chi connectivity index (χ1n) is 8.07. The van der Waals surface area contributed by atoms with Crippen molar-refractivity contribution in [3.63, 3.8) is 0 Å². The van der Waals surface area contributed by atoms with Crippen LogP contribution in [0.25, 0.3) is 0 Å². The number of hydrogen-bond acceptors (Lipinski definition) is 5. The number of benzene rings is 2. The smallest absolute Gasteiger partial charge is 0.416 e. The normalized spacial score (nSPS) is 11.9. The number of anilines is 2. The summed E-state index contributed by atoms with van der Waals surface area (Å²) in [6.07, 6.45) is -2.28. The molecule has 1 heterocycles. The average molecular weight is 425 g/mol. The number of oxazole rings is 1. The minimum absolute atomic E-state index is 0.0226. The summed E-state index contributed by atoms with van der Waals surface area (Å²) in [5, 5.41) is 2.52. The number of sulfonamides is 1. The molecule has 0 bridgehead atoms. The molecular weight excluding hydrogens is 411 g/mol. The molecule has 7 nitrogen and oxygen atoms in total. The number of halogens is 3. The molecule has 11 heteroatoms. The molecule has 0 saturated carbocycles. The highest BCUT2D eigenvalue weighted by molar-refractivity contribution is 7.92. The summed E-state index contributed by atoms with van der Waals surface area (Å²) >= 11 is 0. The zero-order chi connectivity index (χ0) is 21.2. The Morgan fingerprint density at radius 3 is 2.48 bits per heavy atom. The van der Waals surface area contributed by atoms with Gasteiger partial charge in [0.05, 0.1) is 16.7 Å². The molecule has 3 aromatic rings. The van der Waals surface area contributed by atoms with Crippen LogP contribution in [-0.2, 0) is 16.2 Å². The second-order valence-electron chi connectivity index (χ2n) is 5.98. The van der Waals surface area contributed by atoms with E-state index in [1.54, 1.807) is 0 Å². The number of aromatic nitrogens is 1. The van der Waals surface area contributed by atoms with E-state index in [4.69, 9.17) is 4.42 Å². The van der Waals surface area contributed by atoms with E-state index in [0.29, 0.717) is 11.8 Å². The van der Waals surface area contributed by atoms with Crippen LogP contribution in [0.15, 0.2) is 64.4 Å². The fourth-order valence-electron chi connectivity index (χ4n) is 2.52. The summed E-state index contributed by atoms with van der Waals surface area (Å²) in [4.78, 5) is 15.4. The Hall–Kier alpha value is -3.34. The highest BCUT2D eigenvalue weighted by atomic mass is 32.2. The summed E-state index contributed by atoms with van der Waals surface area (Å²) < 4.78 is 70.6. The number of amides is 1. The summed E-state index contributed by atoms with van der Waals surface area (Å²) in [5.74, 6) is -0.592. The predicted molar refractivity (Wildman–Crippen MR) is 97.9 cm³/mol. The summed E-state index contributed by atoms with van der Waals surface area (Å²) in [6.45, 7) is 1.49. The maximum atomic E-state index is 12.8. The lowest BCUT2D eigenvalue weighted by atomic mass is 10.2. The molecular formula is C18H14F3N3O4S. The van der Waals surface area contributed by atoms with E-state index >= 15 is 0 Å². The summed E-state index contributed by atoms with van der Waals surface area (Å²) in [6, 6.07) is 7.87. The van der Waals surface area contributed by atoms with Gasteiger partial charge in [0, 0.05) is 11.4 Å². The monoisotopic (exact) mass is 425 g/mol. The van der Waals surface area contributed by atoms with Gasteiger partial charge in [0.25, 0.3) is 15.9 Å². The van der Waals surface area contributed by atoms with E-state index in [2.05, 4.69) is 15.0 Å². The van der Waals surface area contributed by atoms with Gasteiger partial charge in [0.1, 0.15) is 0 Å². The highest BCUT2D eigenvalue weighted by Gasteiger charge is 2.30. The maximum Gasteiger partial charge on any atom is 0.416 e. The van der Waals surface area contributed by atoms with Crippen LogP contribution in [0.2, 0.25) is 0 Å². The molecule has 0 saturated heterocycles. The first-order chi connectivity index (χ1) is 13.6. The van der Waals surface area contributed by atoms with Crippen molar-refractivity contribution in [3.05, 3.63) is 71.9 Å². The van der Waals surface area contributed by atoms with Gasteiger partial charge >= 0.3 is 6.18 Å². The number of carbonyl (C=O) groups is 1. The van der Waals surface area contributed by atoms with Crippen molar-refractivity contribution in [1.82, 2.24) is 4.98 Å². The van der Waals surface area contributed by atoms with Crippen molar-refractivity contribution in [1.29, 1.82) is 0 Å². The Morgan fingerprint density at radius 1 is 1.10 bits per heavy atom. The lowest BCUT2D eigenvalue weighted by Crippen LogP contribution is -2.16. The molecule has 2 N–H and O–H groups in total. The first-order valence-corrected chi connectivity index (χ1v) is 9.55. The molecule has 2 aromatic carbocycles. The van der Waals surface area contributed by atoms with Gasteiger partial charge in [-0.05, 0) is 48.9 Å². The number of carbonyl (C=O) groups excluding carboxylic acids is 1. The Morgan fingerprint density at radius 2 is 1.86 bits per heavy atom. The number of rotatable bonds is 5. The van der Waals surface area contributed by atoms with Gasteiger partial charge in [-0.15, -0.1) is 0 Å². The lowest BCUT2D eigenvalue weighted by Gasteiger charge is -2.13. The van der Waals surface area contributed by atoms with Crippen LogP contribution in [-0.4, -0.2) is 19.3 Å². The van der Waals surface area contributed by atoms with Crippen molar-refractivity contribution < 1.29 is 30.8 Å². The minimum atomic E-state index is -4.60. The number of alkyl halides is 3. The van der Waals surface area contributed by atoms with Crippen molar-refractivity contribution in [2.24, 2.45) is 0 Å². The third kappa shape index (κ3) is 4.74. The van der Waals surface area contributed by atoms with Gasteiger partial charge in [-0.3, -0.25) is 9.52 Å².